The SMILES string of the molecule is O=C1NC(=O)/C(=C\c2ccc3ccn(Cc4ccccc4)c3c2)S1. The van der Waals surface area contributed by atoms with Gasteiger partial charge in [0.25, 0.3) is 11.1 Å². The topological polar surface area (TPSA) is 51.1 Å². The lowest BCUT2D eigenvalue weighted by Crippen LogP contribution is -2.17. The van der Waals surface area contributed by atoms with Crippen LogP contribution in [0, 0.1) is 0 Å². The van der Waals surface area contributed by atoms with Gasteiger partial charge in [0.1, 0.15) is 0 Å². The summed E-state index contributed by atoms with van der Waals surface area (Å²) < 4.78 is 2.18. The molecule has 1 N–H and O–H groups in total. The van der Waals surface area contributed by atoms with E-state index in [1.807, 2.05) is 36.4 Å². The molecule has 0 saturated carbocycles. The molecule has 1 fully saturated rings. The number of nitrogens with one attached hydrogen (secondary N) is 1. The molecule has 0 aliphatic carbocycles. The second kappa shape index (κ2) is 6.02. The van der Waals surface area contributed by atoms with Crippen molar-refractivity contribution in [2.45, 2.75) is 6.54 Å². The summed E-state index contributed by atoms with van der Waals surface area (Å²) in [6, 6.07) is 18.4. The summed E-state index contributed by atoms with van der Waals surface area (Å²) in [5, 5.41) is 3.10. The monoisotopic (exact) mass is 334 g/mol. The minimum atomic E-state index is -0.329. The van der Waals surface area contributed by atoms with Gasteiger partial charge in [-0.25, -0.2) is 0 Å². The highest BCUT2D eigenvalue weighted by Crippen LogP contribution is 2.27. The first-order valence-electron chi connectivity index (χ1n) is 7.57. The molecule has 1 aliphatic rings. The molecule has 2 heterocycles. The maximum atomic E-state index is 11.7. The van der Waals surface area contributed by atoms with Gasteiger partial charge in [-0.1, -0.05) is 42.5 Å². The molecule has 4 rings (SSSR count). The van der Waals surface area contributed by atoms with Crippen LogP contribution in [0.5, 0.6) is 0 Å². The summed E-state index contributed by atoms with van der Waals surface area (Å²) >= 11 is 0.937. The minimum Gasteiger partial charge on any atom is -0.343 e. The van der Waals surface area contributed by atoms with Gasteiger partial charge < -0.3 is 4.57 Å². The van der Waals surface area contributed by atoms with E-state index in [0.29, 0.717) is 4.91 Å². The number of carbonyl (C=O) groups is 2. The number of nitrogens with zero attached hydrogens (tertiary/aromatic N) is 1. The highest BCUT2D eigenvalue weighted by molar-refractivity contribution is 8.18. The van der Waals surface area contributed by atoms with Gasteiger partial charge in [0.15, 0.2) is 0 Å². The van der Waals surface area contributed by atoms with E-state index < -0.39 is 0 Å². The molecule has 3 aromatic rings. The van der Waals surface area contributed by atoms with Gasteiger partial charge in [0.2, 0.25) is 0 Å². The average molecular weight is 334 g/mol. The van der Waals surface area contributed by atoms with Crippen molar-refractivity contribution in [3.8, 4) is 0 Å². The molecule has 1 saturated heterocycles. The Bertz CT molecular complexity index is 973. The lowest BCUT2D eigenvalue weighted by atomic mass is 10.1. The van der Waals surface area contributed by atoms with E-state index in [2.05, 4.69) is 34.3 Å². The Morgan fingerprint density at radius 3 is 2.62 bits per heavy atom. The van der Waals surface area contributed by atoms with Crippen LogP contribution in [0.2, 0.25) is 0 Å². The van der Waals surface area contributed by atoms with Crippen LogP contribution in [0.3, 0.4) is 0 Å². The van der Waals surface area contributed by atoms with Gasteiger partial charge in [-0.05, 0) is 46.5 Å². The number of hydrogen-bond donors (Lipinski definition) is 1. The summed E-state index contributed by atoms with van der Waals surface area (Å²) in [5.74, 6) is -0.329. The van der Waals surface area contributed by atoms with E-state index in [1.165, 1.54) is 5.56 Å². The Balaban J connectivity index is 1.70. The molecule has 2 amide bonds. The van der Waals surface area contributed by atoms with Crippen molar-refractivity contribution in [2.75, 3.05) is 0 Å². The molecular formula is C19H14N2O2S. The fourth-order valence-electron chi connectivity index (χ4n) is 2.78. The standard InChI is InChI=1S/C19H14N2O2S/c22-18-17(24-19(23)20-18)11-14-6-7-15-8-9-21(16(15)10-14)12-13-4-2-1-3-5-13/h1-11H,12H2,(H,20,22,23)/b17-11+. The van der Waals surface area contributed by atoms with Crippen LogP contribution in [0.4, 0.5) is 4.79 Å². The predicted molar refractivity (Wildman–Crippen MR) is 96.6 cm³/mol. The van der Waals surface area contributed by atoms with E-state index in [9.17, 15) is 9.59 Å². The Kier molecular flexibility index (Phi) is 3.70. The highest BCUT2D eigenvalue weighted by Gasteiger charge is 2.24. The van der Waals surface area contributed by atoms with Crippen molar-refractivity contribution in [2.24, 2.45) is 0 Å². The Morgan fingerprint density at radius 1 is 1.04 bits per heavy atom. The van der Waals surface area contributed by atoms with Crippen LogP contribution in [0.25, 0.3) is 17.0 Å². The van der Waals surface area contributed by atoms with Crippen LogP contribution in [0.15, 0.2) is 65.7 Å². The van der Waals surface area contributed by atoms with Gasteiger partial charge in [-0.2, -0.15) is 0 Å². The summed E-state index contributed by atoms with van der Waals surface area (Å²) in [5.41, 5.74) is 3.24. The van der Waals surface area contributed by atoms with E-state index in [1.54, 1.807) is 6.08 Å². The lowest BCUT2D eigenvalue weighted by molar-refractivity contribution is -0.115. The van der Waals surface area contributed by atoms with E-state index in [4.69, 9.17) is 0 Å². The third kappa shape index (κ3) is 2.86. The number of thioether (sulfide) groups is 1. The van der Waals surface area contributed by atoms with Gasteiger partial charge in [-0.15, -0.1) is 0 Å². The third-order valence-corrected chi connectivity index (χ3v) is 4.74. The third-order valence-electron chi connectivity index (χ3n) is 3.93. The molecule has 0 unspecified atom stereocenters. The van der Waals surface area contributed by atoms with E-state index in [0.717, 1.165) is 34.8 Å². The van der Waals surface area contributed by atoms with Crippen molar-refractivity contribution in [3.05, 3.63) is 76.8 Å². The van der Waals surface area contributed by atoms with Crippen molar-refractivity contribution in [1.29, 1.82) is 0 Å². The number of benzene rings is 2. The van der Waals surface area contributed by atoms with Crippen molar-refractivity contribution in [3.63, 3.8) is 0 Å². The predicted octanol–water partition coefficient (Wildman–Crippen LogP) is 4.01. The fraction of sp³-hybridized carbons (Fsp3) is 0.0526. The number of imide groups is 1. The van der Waals surface area contributed by atoms with Crippen LogP contribution in [-0.4, -0.2) is 15.7 Å². The average Bonchev–Trinajstić information content (AvgIpc) is 3.11. The molecule has 1 aromatic heterocycles. The first kappa shape index (κ1) is 14.8. The zero-order chi connectivity index (χ0) is 16.5. The van der Waals surface area contributed by atoms with Gasteiger partial charge in [-0.3, -0.25) is 14.9 Å². The Labute approximate surface area is 143 Å². The molecule has 118 valence electrons. The molecule has 0 bridgehead atoms. The summed E-state index contributed by atoms with van der Waals surface area (Å²) in [6.07, 6.45) is 3.82. The molecule has 0 radical (unpaired) electrons. The van der Waals surface area contributed by atoms with Gasteiger partial charge in [0, 0.05) is 18.3 Å². The van der Waals surface area contributed by atoms with Crippen LogP contribution in [0.1, 0.15) is 11.1 Å². The summed E-state index contributed by atoms with van der Waals surface area (Å²) in [7, 11) is 0. The van der Waals surface area contributed by atoms with Crippen LogP contribution < -0.4 is 5.32 Å². The molecule has 5 heteroatoms. The van der Waals surface area contributed by atoms with Crippen LogP contribution in [-0.2, 0) is 11.3 Å². The van der Waals surface area contributed by atoms with Crippen LogP contribution >= 0.6 is 11.8 Å². The maximum Gasteiger partial charge on any atom is 0.290 e. The quantitative estimate of drug-likeness (QED) is 0.736. The van der Waals surface area contributed by atoms with Crippen molar-refractivity contribution < 1.29 is 9.59 Å². The second-order valence-corrected chi connectivity index (χ2v) is 6.61. The first-order valence-corrected chi connectivity index (χ1v) is 8.38. The molecule has 0 spiro atoms. The minimum absolute atomic E-state index is 0.320. The van der Waals surface area contributed by atoms with Gasteiger partial charge in [0.05, 0.1) is 4.91 Å². The van der Waals surface area contributed by atoms with E-state index in [-0.39, 0.29) is 11.1 Å². The number of carbonyl (C=O) groups excluding carboxylic acids is 2. The van der Waals surface area contributed by atoms with E-state index >= 15 is 0 Å². The molecule has 24 heavy (non-hydrogen) atoms. The number of amides is 2. The summed E-state index contributed by atoms with van der Waals surface area (Å²) in [4.78, 5) is 23.4. The van der Waals surface area contributed by atoms with Crippen molar-refractivity contribution in [1.82, 2.24) is 9.88 Å². The first-order chi connectivity index (χ1) is 11.7. The lowest BCUT2D eigenvalue weighted by Gasteiger charge is -2.06. The smallest absolute Gasteiger partial charge is 0.290 e. The number of rotatable bonds is 3. The molecule has 2 aromatic carbocycles. The normalized spacial score (nSPS) is 16.1. The molecular weight excluding hydrogens is 320 g/mol. The molecule has 1 aliphatic heterocycles. The Morgan fingerprint density at radius 2 is 1.88 bits per heavy atom. The highest BCUT2D eigenvalue weighted by atomic mass is 32.2. The molecule has 4 nitrogen and oxygen atoms in total. The zero-order valence-electron chi connectivity index (χ0n) is 12.7. The zero-order valence-corrected chi connectivity index (χ0v) is 13.5. The van der Waals surface area contributed by atoms with Gasteiger partial charge >= 0.3 is 0 Å². The second-order valence-electron chi connectivity index (χ2n) is 5.60. The largest absolute Gasteiger partial charge is 0.343 e. The Hall–Kier alpha value is -2.79. The molecule has 0 atom stereocenters. The van der Waals surface area contributed by atoms with Crippen molar-refractivity contribution >= 4 is 39.9 Å². The maximum absolute atomic E-state index is 11.7. The number of fused-ring (bicyclic) bond motifs is 1. The summed E-state index contributed by atoms with van der Waals surface area (Å²) in [6.45, 7) is 0.790. The number of aromatic nitrogens is 1. The fourth-order valence-corrected chi connectivity index (χ4v) is 3.46. The number of hydrogen-bond acceptors (Lipinski definition) is 3.